The van der Waals surface area contributed by atoms with E-state index in [1.807, 2.05) is 50.2 Å². The zero-order valence-electron chi connectivity index (χ0n) is 33.1. The molecule has 1 aliphatic heterocycles. The number of aliphatic hydroxyl groups excluding tert-OH is 1. The van der Waals surface area contributed by atoms with Gasteiger partial charge in [-0.3, -0.25) is 0 Å². The molecule has 1 aliphatic rings. The number of nitrogens with zero attached hydrogens (tertiary/aromatic N) is 1. The van der Waals surface area contributed by atoms with E-state index in [1.54, 1.807) is 18.2 Å². The third kappa shape index (κ3) is 15.0. The molecule has 3 aromatic carbocycles. The maximum absolute atomic E-state index is 13.8. The summed E-state index contributed by atoms with van der Waals surface area (Å²) >= 11 is 0. The van der Waals surface area contributed by atoms with Gasteiger partial charge in [-0.25, -0.2) is 8.42 Å². The largest absolute Gasteiger partial charge is 0.463 e. The fourth-order valence-electron chi connectivity index (χ4n) is 5.53. The first-order valence-electron chi connectivity index (χ1n) is 18.6. The Bertz CT molecular complexity index is 1690. The van der Waals surface area contributed by atoms with E-state index in [-0.39, 0.29) is 25.0 Å². The minimum Gasteiger partial charge on any atom is -0.463 e. The van der Waals surface area contributed by atoms with Crippen molar-refractivity contribution in [3.8, 4) is 5.75 Å². The van der Waals surface area contributed by atoms with E-state index in [1.165, 1.54) is 4.31 Å². The Hall–Kier alpha value is -2.44. The number of ether oxygens (including phenoxy) is 5. The zero-order valence-corrected chi connectivity index (χ0v) is 35.9. The molecule has 0 bridgehead atoms. The van der Waals surface area contributed by atoms with Gasteiger partial charge in [-0.2, -0.15) is 0 Å². The highest BCUT2D eigenvalue weighted by Gasteiger charge is 2.28. The second-order valence-electron chi connectivity index (χ2n) is 16.7. The van der Waals surface area contributed by atoms with Gasteiger partial charge in [0.05, 0.1) is 30.8 Å². The number of rotatable bonds is 22. The highest BCUT2D eigenvalue weighted by molar-refractivity contribution is 7.89. The molecule has 0 saturated carbocycles. The standard InChI is InChI=1S/C40H62N2O8SSi2/c1-40(2)49-29-36-25-35(15-16-39(36)50-40)38(43)26-41-18-17-32-11-9-12-33(23-32)27-48-28-34-13-10-14-37(24-34)51(44,45)42(30-46-19-21-52(3,4)5)31-47-20-22-53(6,7)8/h9-16,23-25,38,41,43H,17-22,26-31H2,1-8H3/t38-/m1/s1. The average Bonchev–Trinajstić information content (AvgIpc) is 3.08. The average molecular weight is 787 g/mol. The number of fused-ring (bicyclic) bond motifs is 1. The van der Waals surface area contributed by atoms with Gasteiger partial charge in [0.2, 0.25) is 15.8 Å². The molecule has 10 nitrogen and oxygen atoms in total. The van der Waals surface area contributed by atoms with Crippen LogP contribution in [0.15, 0.2) is 71.6 Å². The molecule has 3 aromatic rings. The highest BCUT2D eigenvalue weighted by Crippen LogP contribution is 2.33. The Balaban J connectivity index is 1.25. The normalized spacial score (nSPS) is 15.3. The van der Waals surface area contributed by atoms with Crippen LogP contribution in [0.25, 0.3) is 0 Å². The summed E-state index contributed by atoms with van der Waals surface area (Å²) in [7, 11) is -6.50. The fourth-order valence-corrected chi connectivity index (χ4v) is 8.32. The summed E-state index contributed by atoms with van der Waals surface area (Å²) in [6.07, 6.45) is 0.148. The molecular weight excluding hydrogens is 725 g/mol. The van der Waals surface area contributed by atoms with E-state index < -0.39 is 38.1 Å². The van der Waals surface area contributed by atoms with E-state index in [0.29, 0.717) is 39.5 Å². The van der Waals surface area contributed by atoms with Gasteiger partial charge in [0.25, 0.3) is 0 Å². The molecule has 0 amide bonds. The van der Waals surface area contributed by atoms with Gasteiger partial charge in [0.15, 0.2) is 0 Å². The van der Waals surface area contributed by atoms with Gasteiger partial charge in [-0.05, 0) is 71.6 Å². The maximum Gasteiger partial charge on any atom is 0.247 e. The van der Waals surface area contributed by atoms with Crippen molar-refractivity contribution in [3.05, 3.63) is 94.5 Å². The van der Waals surface area contributed by atoms with Crippen LogP contribution in [0.5, 0.6) is 5.75 Å². The zero-order chi connectivity index (χ0) is 38.7. The van der Waals surface area contributed by atoms with Gasteiger partial charge in [-0.15, -0.1) is 4.31 Å². The van der Waals surface area contributed by atoms with E-state index in [4.69, 9.17) is 23.7 Å². The van der Waals surface area contributed by atoms with Crippen LogP contribution >= 0.6 is 0 Å². The van der Waals surface area contributed by atoms with Crippen LogP contribution in [0.2, 0.25) is 51.4 Å². The summed E-state index contributed by atoms with van der Waals surface area (Å²) in [5.41, 5.74) is 4.72. The molecule has 1 atom stereocenters. The molecule has 53 heavy (non-hydrogen) atoms. The summed E-state index contributed by atoms with van der Waals surface area (Å²) in [6, 6.07) is 22.8. The van der Waals surface area contributed by atoms with Gasteiger partial charge in [-0.1, -0.05) is 81.7 Å². The lowest BCUT2D eigenvalue weighted by molar-refractivity contribution is -0.180. The second-order valence-corrected chi connectivity index (χ2v) is 29.9. The molecule has 0 radical (unpaired) electrons. The third-order valence-electron chi connectivity index (χ3n) is 8.86. The first-order chi connectivity index (χ1) is 24.9. The van der Waals surface area contributed by atoms with Gasteiger partial charge in [0, 0.05) is 55.3 Å². The van der Waals surface area contributed by atoms with Crippen molar-refractivity contribution in [1.29, 1.82) is 0 Å². The van der Waals surface area contributed by atoms with E-state index in [2.05, 4.69) is 56.7 Å². The Labute approximate surface area is 320 Å². The van der Waals surface area contributed by atoms with E-state index >= 15 is 0 Å². The molecule has 0 fully saturated rings. The van der Waals surface area contributed by atoms with Crippen LogP contribution in [0.4, 0.5) is 0 Å². The number of hydrogen-bond acceptors (Lipinski definition) is 9. The number of benzene rings is 3. The molecule has 0 saturated heterocycles. The minimum atomic E-state index is -3.86. The first kappa shape index (κ1) is 43.3. The van der Waals surface area contributed by atoms with Gasteiger partial charge >= 0.3 is 0 Å². The third-order valence-corrected chi connectivity index (χ3v) is 14.0. The van der Waals surface area contributed by atoms with Crippen LogP contribution in [-0.4, -0.2) is 79.5 Å². The first-order valence-corrected chi connectivity index (χ1v) is 27.5. The molecule has 0 aromatic heterocycles. The lowest BCUT2D eigenvalue weighted by Crippen LogP contribution is -2.36. The topological polar surface area (TPSA) is 116 Å². The monoisotopic (exact) mass is 786 g/mol. The number of nitrogens with one attached hydrogen (secondary N) is 1. The van der Waals surface area contributed by atoms with Crippen LogP contribution in [0, 0.1) is 0 Å². The van der Waals surface area contributed by atoms with Gasteiger partial charge < -0.3 is 34.1 Å². The van der Waals surface area contributed by atoms with Crippen molar-refractivity contribution in [2.45, 2.75) is 108 Å². The van der Waals surface area contributed by atoms with E-state index in [9.17, 15) is 13.5 Å². The SMILES string of the molecule is CC1(C)OCc2cc([C@H](O)CNCCc3cccc(COCc4cccc(S(=O)(=O)N(COCC[Si](C)(C)C)COCC[Si](C)(C)C)c4)c3)ccc2O1. The summed E-state index contributed by atoms with van der Waals surface area (Å²) in [6.45, 7) is 20.6. The predicted molar refractivity (Wildman–Crippen MR) is 216 cm³/mol. The van der Waals surface area contributed by atoms with Crippen LogP contribution in [0.1, 0.15) is 47.8 Å². The van der Waals surface area contributed by atoms with Crippen LogP contribution in [0.3, 0.4) is 0 Å². The van der Waals surface area contributed by atoms with Crippen molar-refractivity contribution in [2.75, 3.05) is 39.8 Å². The number of aliphatic hydroxyl groups is 1. The van der Waals surface area contributed by atoms with Crippen molar-refractivity contribution in [3.63, 3.8) is 0 Å². The summed E-state index contributed by atoms with van der Waals surface area (Å²) in [5, 5.41) is 14.1. The molecule has 0 spiro atoms. The lowest BCUT2D eigenvalue weighted by Gasteiger charge is -2.33. The van der Waals surface area contributed by atoms with E-state index in [0.717, 1.165) is 52.1 Å². The Morgan fingerprint density at radius 2 is 1.43 bits per heavy atom. The van der Waals surface area contributed by atoms with Crippen LogP contribution in [-0.2, 0) is 55.2 Å². The number of sulfonamides is 1. The molecule has 0 unspecified atom stereocenters. The van der Waals surface area contributed by atoms with Crippen molar-refractivity contribution in [1.82, 2.24) is 9.62 Å². The van der Waals surface area contributed by atoms with Gasteiger partial charge in [0.1, 0.15) is 19.2 Å². The fraction of sp³-hybridized carbons (Fsp3) is 0.550. The smallest absolute Gasteiger partial charge is 0.247 e. The molecule has 4 rings (SSSR count). The second kappa shape index (κ2) is 19.4. The molecule has 1 heterocycles. The summed E-state index contributed by atoms with van der Waals surface area (Å²) in [4.78, 5) is 0.194. The quantitative estimate of drug-likeness (QED) is 0.0606. The Morgan fingerprint density at radius 1 is 0.830 bits per heavy atom. The maximum atomic E-state index is 13.8. The lowest BCUT2D eigenvalue weighted by atomic mass is 10.0. The minimum absolute atomic E-state index is 0.0496. The molecule has 0 aliphatic carbocycles. The molecule has 13 heteroatoms. The highest BCUT2D eigenvalue weighted by atomic mass is 32.2. The molecule has 2 N–H and O–H groups in total. The predicted octanol–water partition coefficient (Wildman–Crippen LogP) is 7.53. The van der Waals surface area contributed by atoms with Crippen LogP contribution < -0.4 is 10.1 Å². The summed E-state index contributed by atoms with van der Waals surface area (Å²) < 4.78 is 58.3. The van der Waals surface area contributed by atoms with Crippen molar-refractivity contribution >= 4 is 26.2 Å². The molecular formula is C40H62N2O8SSi2. The summed E-state index contributed by atoms with van der Waals surface area (Å²) in [5.74, 6) is 0.143. The molecule has 294 valence electrons. The Kier molecular flexibility index (Phi) is 15.9. The van der Waals surface area contributed by atoms with Crippen molar-refractivity contribution < 1.29 is 37.2 Å². The Morgan fingerprint density at radius 3 is 2.08 bits per heavy atom. The number of hydrogen-bond donors (Lipinski definition) is 2. The van der Waals surface area contributed by atoms with Crippen molar-refractivity contribution in [2.24, 2.45) is 0 Å².